The lowest BCUT2D eigenvalue weighted by Gasteiger charge is -2.44. The van der Waals surface area contributed by atoms with Crippen LogP contribution in [0.2, 0.25) is 0 Å². The molecule has 1 aromatic carbocycles. The Balaban J connectivity index is 1.51. The predicted molar refractivity (Wildman–Crippen MR) is 102 cm³/mol. The number of piperidine rings is 3. The largest absolute Gasteiger partial charge is 0.433 e. The minimum absolute atomic E-state index is 0.0654. The van der Waals surface area contributed by atoms with Gasteiger partial charge in [0.05, 0.1) is 16.6 Å². The van der Waals surface area contributed by atoms with Gasteiger partial charge in [0.25, 0.3) is 5.91 Å². The molecule has 2 aromatic heterocycles. The topological polar surface area (TPSA) is 46.0 Å². The Labute approximate surface area is 160 Å². The van der Waals surface area contributed by atoms with E-state index >= 15 is 0 Å². The van der Waals surface area contributed by atoms with E-state index in [1.807, 2.05) is 24.3 Å². The van der Waals surface area contributed by atoms with Crippen LogP contribution in [0.25, 0.3) is 16.4 Å². The Morgan fingerprint density at radius 3 is 2.64 bits per heavy atom. The fraction of sp³-hybridized carbons (Fsp3) is 0.381. The van der Waals surface area contributed by atoms with E-state index in [9.17, 15) is 13.6 Å². The molecule has 0 aliphatic carbocycles. The molecule has 7 heteroatoms. The predicted octanol–water partition coefficient (Wildman–Crippen LogP) is 3.52. The van der Waals surface area contributed by atoms with Gasteiger partial charge in [0.15, 0.2) is 5.75 Å². The fourth-order valence-corrected chi connectivity index (χ4v) is 4.59. The average molecular weight is 385 g/mol. The molecule has 6 rings (SSSR count). The zero-order valence-corrected chi connectivity index (χ0v) is 15.3. The van der Waals surface area contributed by atoms with Crippen LogP contribution in [0, 0.1) is 5.92 Å². The minimum Gasteiger partial charge on any atom is -0.433 e. The number of hydrogen-bond donors (Lipinski definition) is 1. The van der Waals surface area contributed by atoms with Gasteiger partial charge in [0.1, 0.15) is 0 Å². The standard InChI is InChI=1S/C21H21F2N3O2/c22-21(23)28-19-10-14-3-1-2-4-17(14)26-11-15(9-18(19)26)20(27)24-16-12-25-7-5-13(16)6-8-25/h1-4,9-11,13,16,21H,5-8,12H2,(H,24,27)/t16-/m0/s1. The SMILES string of the molecule is O=C(N[C@H]1CN2CCC1CC2)c1cc2c(OC(F)F)cc3ccccc3n2c1. The molecule has 2 bridgehead atoms. The highest BCUT2D eigenvalue weighted by atomic mass is 19.3. The van der Waals surface area contributed by atoms with E-state index in [4.69, 9.17) is 4.74 Å². The molecule has 3 fully saturated rings. The highest BCUT2D eigenvalue weighted by Gasteiger charge is 2.35. The first kappa shape index (κ1) is 17.4. The number of ether oxygens (including phenoxy) is 1. The molecule has 28 heavy (non-hydrogen) atoms. The van der Waals surface area contributed by atoms with Crippen molar-refractivity contribution in [1.82, 2.24) is 14.6 Å². The van der Waals surface area contributed by atoms with Crippen LogP contribution in [0.3, 0.4) is 0 Å². The number of aromatic nitrogens is 1. The molecular formula is C21H21F2N3O2. The van der Waals surface area contributed by atoms with Gasteiger partial charge in [-0.15, -0.1) is 0 Å². The number of carbonyl (C=O) groups is 1. The van der Waals surface area contributed by atoms with Crippen molar-refractivity contribution in [3.8, 4) is 5.75 Å². The first-order valence-electron chi connectivity index (χ1n) is 9.60. The third-order valence-electron chi connectivity index (χ3n) is 6.01. The van der Waals surface area contributed by atoms with Crippen LogP contribution < -0.4 is 10.1 Å². The van der Waals surface area contributed by atoms with E-state index in [0.717, 1.165) is 43.4 Å². The van der Waals surface area contributed by atoms with Crippen LogP contribution in [0.15, 0.2) is 42.6 Å². The van der Waals surface area contributed by atoms with E-state index in [-0.39, 0.29) is 17.7 Å². The smallest absolute Gasteiger partial charge is 0.387 e. The Bertz CT molecular complexity index is 1040. The monoisotopic (exact) mass is 385 g/mol. The van der Waals surface area contributed by atoms with Gasteiger partial charge in [0, 0.05) is 24.2 Å². The average Bonchev–Trinajstić information content (AvgIpc) is 3.15. The van der Waals surface area contributed by atoms with Crippen molar-refractivity contribution in [2.24, 2.45) is 5.92 Å². The zero-order valence-electron chi connectivity index (χ0n) is 15.3. The number of rotatable bonds is 4. The molecule has 1 N–H and O–H groups in total. The quantitative estimate of drug-likeness (QED) is 0.748. The molecular weight excluding hydrogens is 364 g/mol. The van der Waals surface area contributed by atoms with Crippen molar-refractivity contribution in [1.29, 1.82) is 0 Å². The van der Waals surface area contributed by atoms with Crippen LogP contribution in [0.5, 0.6) is 5.75 Å². The third kappa shape index (κ3) is 2.99. The van der Waals surface area contributed by atoms with E-state index < -0.39 is 6.61 Å². The first-order valence-corrected chi connectivity index (χ1v) is 9.60. The van der Waals surface area contributed by atoms with Gasteiger partial charge in [-0.25, -0.2) is 0 Å². The van der Waals surface area contributed by atoms with Crippen molar-refractivity contribution in [2.45, 2.75) is 25.5 Å². The van der Waals surface area contributed by atoms with E-state index in [0.29, 0.717) is 17.0 Å². The lowest BCUT2D eigenvalue weighted by atomic mass is 9.84. The molecule has 0 saturated carbocycles. The molecule has 5 heterocycles. The molecule has 0 unspecified atom stereocenters. The normalized spacial score (nSPS) is 24.2. The van der Waals surface area contributed by atoms with E-state index in [1.54, 1.807) is 22.7 Å². The molecule has 146 valence electrons. The molecule has 0 radical (unpaired) electrons. The Hall–Kier alpha value is -2.67. The number of alkyl halides is 2. The maximum atomic E-state index is 12.9. The molecule has 5 nitrogen and oxygen atoms in total. The highest BCUT2D eigenvalue weighted by Crippen LogP contribution is 2.31. The lowest BCUT2D eigenvalue weighted by Crippen LogP contribution is -2.57. The van der Waals surface area contributed by atoms with Crippen LogP contribution in [0.4, 0.5) is 8.78 Å². The maximum absolute atomic E-state index is 12.9. The molecule has 3 aliphatic heterocycles. The summed E-state index contributed by atoms with van der Waals surface area (Å²) < 4.78 is 32.3. The summed E-state index contributed by atoms with van der Waals surface area (Å²) in [6.07, 6.45) is 3.92. The van der Waals surface area contributed by atoms with Crippen LogP contribution in [-0.4, -0.2) is 47.5 Å². The second-order valence-corrected chi connectivity index (χ2v) is 7.65. The summed E-state index contributed by atoms with van der Waals surface area (Å²) in [5.41, 5.74) is 1.74. The number of fused-ring (bicyclic) bond motifs is 6. The van der Waals surface area contributed by atoms with Crippen LogP contribution >= 0.6 is 0 Å². The zero-order chi connectivity index (χ0) is 19.3. The number of halogens is 2. The van der Waals surface area contributed by atoms with Gasteiger partial charge in [0.2, 0.25) is 0 Å². The van der Waals surface area contributed by atoms with Crippen LogP contribution in [0.1, 0.15) is 23.2 Å². The van der Waals surface area contributed by atoms with Gasteiger partial charge < -0.3 is 19.4 Å². The molecule has 3 aromatic rings. The molecule has 3 saturated heterocycles. The highest BCUT2D eigenvalue weighted by molar-refractivity contribution is 5.98. The second kappa shape index (κ2) is 6.74. The van der Waals surface area contributed by atoms with Crippen molar-refractivity contribution in [3.05, 3.63) is 48.2 Å². The summed E-state index contributed by atoms with van der Waals surface area (Å²) in [5.74, 6) is 0.412. The summed E-state index contributed by atoms with van der Waals surface area (Å²) in [7, 11) is 0. The number of nitrogens with zero attached hydrogens (tertiary/aromatic N) is 2. The third-order valence-corrected chi connectivity index (χ3v) is 6.01. The summed E-state index contributed by atoms with van der Waals surface area (Å²) in [6.45, 7) is 0.164. The number of para-hydroxylation sites is 1. The Morgan fingerprint density at radius 2 is 1.93 bits per heavy atom. The first-order chi connectivity index (χ1) is 13.6. The number of pyridine rings is 1. The minimum atomic E-state index is -2.93. The summed E-state index contributed by atoms with van der Waals surface area (Å²) >= 11 is 0. The van der Waals surface area contributed by atoms with E-state index in [1.165, 1.54) is 0 Å². The van der Waals surface area contributed by atoms with Gasteiger partial charge in [-0.3, -0.25) is 4.79 Å². The van der Waals surface area contributed by atoms with Gasteiger partial charge in [-0.1, -0.05) is 18.2 Å². The molecule has 1 atom stereocenters. The van der Waals surface area contributed by atoms with Crippen molar-refractivity contribution < 1.29 is 18.3 Å². The summed E-state index contributed by atoms with van der Waals surface area (Å²) in [6, 6.07) is 10.8. The fourth-order valence-electron chi connectivity index (χ4n) is 4.59. The summed E-state index contributed by atoms with van der Waals surface area (Å²) in [5, 5.41) is 3.92. The van der Waals surface area contributed by atoms with Gasteiger partial charge in [-0.2, -0.15) is 8.78 Å². The second-order valence-electron chi connectivity index (χ2n) is 7.65. The lowest BCUT2D eigenvalue weighted by molar-refractivity contribution is -0.0489. The maximum Gasteiger partial charge on any atom is 0.387 e. The Kier molecular flexibility index (Phi) is 4.19. The van der Waals surface area contributed by atoms with Gasteiger partial charge >= 0.3 is 6.61 Å². The van der Waals surface area contributed by atoms with Crippen molar-refractivity contribution in [3.63, 3.8) is 0 Å². The van der Waals surface area contributed by atoms with Crippen molar-refractivity contribution >= 4 is 22.3 Å². The summed E-state index contributed by atoms with van der Waals surface area (Å²) in [4.78, 5) is 15.3. The number of hydrogen-bond acceptors (Lipinski definition) is 3. The van der Waals surface area contributed by atoms with Gasteiger partial charge in [-0.05, 0) is 50.0 Å². The number of nitrogens with one attached hydrogen (secondary N) is 1. The molecule has 3 aliphatic rings. The Morgan fingerprint density at radius 1 is 1.14 bits per heavy atom. The number of benzene rings is 1. The molecule has 0 spiro atoms. The van der Waals surface area contributed by atoms with Crippen LogP contribution in [-0.2, 0) is 0 Å². The number of carbonyl (C=O) groups excluding carboxylic acids is 1. The molecule has 1 amide bonds. The van der Waals surface area contributed by atoms with Crippen molar-refractivity contribution in [2.75, 3.05) is 19.6 Å². The number of amides is 1. The van der Waals surface area contributed by atoms with E-state index in [2.05, 4.69) is 10.2 Å².